The van der Waals surface area contributed by atoms with E-state index in [4.69, 9.17) is 17.3 Å². The van der Waals surface area contributed by atoms with Gasteiger partial charge in [-0.15, -0.1) is 0 Å². The van der Waals surface area contributed by atoms with Gasteiger partial charge in [0.05, 0.1) is 10.7 Å². The molecule has 1 aromatic carbocycles. The van der Waals surface area contributed by atoms with Gasteiger partial charge in [-0.05, 0) is 43.7 Å². The fourth-order valence-corrected chi connectivity index (χ4v) is 4.76. The summed E-state index contributed by atoms with van der Waals surface area (Å²) < 4.78 is 27.6. The number of rotatable bonds is 4. The van der Waals surface area contributed by atoms with E-state index < -0.39 is 10.0 Å². The van der Waals surface area contributed by atoms with Gasteiger partial charge < -0.3 is 5.73 Å². The first-order valence-corrected chi connectivity index (χ1v) is 8.86. The molecule has 0 aromatic heterocycles. The number of nitrogens with two attached hydrogens (primary N) is 1. The van der Waals surface area contributed by atoms with Crippen molar-refractivity contribution in [2.75, 3.05) is 5.73 Å². The van der Waals surface area contributed by atoms with Crippen molar-refractivity contribution in [2.24, 2.45) is 5.92 Å². The zero-order valence-corrected chi connectivity index (χ0v) is 13.2. The molecular formula is C14H21ClN2O2S. The highest BCUT2D eigenvalue weighted by Crippen LogP contribution is 2.30. The molecule has 20 heavy (non-hydrogen) atoms. The summed E-state index contributed by atoms with van der Waals surface area (Å²) in [4.78, 5) is -0.000665. The lowest BCUT2D eigenvalue weighted by Gasteiger charge is -2.28. The second-order valence-corrected chi connectivity index (χ2v) is 7.46. The van der Waals surface area contributed by atoms with Crippen molar-refractivity contribution >= 4 is 27.3 Å². The van der Waals surface area contributed by atoms with Crippen LogP contribution in [0.5, 0.6) is 0 Å². The average Bonchev–Trinajstić information content (AvgIpc) is 2.38. The molecule has 0 bridgehead atoms. The lowest BCUT2D eigenvalue weighted by Crippen LogP contribution is -2.37. The Kier molecular flexibility index (Phi) is 4.94. The maximum Gasteiger partial charge on any atom is 0.244 e. The van der Waals surface area contributed by atoms with Crippen LogP contribution in [0, 0.1) is 5.92 Å². The van der Waals surface area contributed by atoms with E-state index >= 15 is 0 Å². The molecule has 0 radical (unpaired) electrons. The van der Waals surface area contributed by atoms with Crippen molar-refractivity contribution < 1.29 is 8.42 Å². The molecule has 0 amide bonds. The molecule has 112 valence electrons. The highest BCUT2D eigenvalue weighted by molar-refractivity contribution is 7.89. The van der Waals surface area contributed by atoms with Crippen LogP contribution in [0.3, 0.4) is 0 Å². The number of halogens is 1. The van der Waals surface area contributed by atoms with Crippen LogP contribution in [0.25, 0.3) is 0 Å². The van der Waals surface area contributed by atoms with Crippen LogP contribution in [-0.4, -0.2) is 14.5 Å². The minimum atomic E-state index is -3.65. The minimum Gasteiger partial charge on any atom is -0.398 e. The normalized spacial score (nSPS) is 23.7. The zero-order chi connectivity index (χ0) is 14.8. The van der Waals surface area contributed by atoms with Gasteiger partial charge in [-0.3, -0.25) is 0 Å². The molecule has 1 fully saturated rings. The first-order chi connectivity index (χ1) is 9.44. The highest BCUT2D eigenvalue weighted by Gasteiger charge is 2.27. The number of nitrogens with one attached hydrogen (secondary N) is 1. The molecule has 1 saturated carbocycles. The van der Waals surface area contributed by atoms with Crippen LogP contribution in [0.4, 0.5) is 5.69 Å². The molecule has 2 rings (SSSR count). The van der Waals surface area contributed by atoms with Crippen molar-refractivity contribution in [3.8, 4) is 0 Å². The maximum atomic E-state index is 12.4. The van der Waals surface area contributed by atoms with Crippen molar-refractivity contribution in [3.63, 3.8) is 0 Å². The second kappa shape index (κ2) is 6.33. The largest absolute Gasteiger partial charge is 0.398 e. The van der Waals surface area contributed by atoms with Crippen LogP contribution in [0.1, 0.15) is 39.0 Å². The van der Waals surface area contributed by atoms with Crippen molar-refractivity contribution in [1.82, 2.24) is 4.72 Å². The molecule has 1 aliphatic carbocycles. The first-order valence-electron chi connectivity index (χ1n) is 7.00. The Balaban J connectivity index is 2.12. The lowest BCUT2D eigenvalue weighted by atomic mass is 9.85. The van der Waals surface area contributed by atoms with Gasteiger partial charge in [0, 0.05) is 6.04 Å². The average molecular weight is 317 g/mol. The fourth-order valence-electron chi connectivity index (χ4n) is 2.78. The van der Waals surface area contributed by atoms with E-state index in [9.17, 15) is 8.42 Å². The second-order valence-electron chi connectivity index (χ2n) is 5.41. The highest BCUT2D eigenvalue weighted by atomic mass is 35.5. The van der Waals surface area contributed by atoms with Gasteiger partial charge in [0.2, 0.25) is 10.0 Å². The SMILES string of the molecule is CCC1CCC(NS(=O)(=O)c2c(N)cccc2Cl)CC1. The first kappa shape index (κ1) is 15.6. The minimum absolute atomic E-state index is 0.000665. The van der Waals surface area contributed by atoms with Gasteiger partial charge in [-0.2, -0.15) is 0 Å². The smallest absolute Gasteiger partial charge is 0.244 e. The summed E-state index contributed by atoms with van der Waals surface area (Å²) in [7, 11) is -3.65. The summed E-state index contributed by atoms with van der Waals surface area (Å²) in [5, 5.41) is 0.166. The Bertz CT molecular complexity index is 546. The van der Waals surface area contributed by atoms with E-state index in [2.05, 4.69) is 11.6 Å². The summed E-state index contributed by atoms with van der Waals surface area (Å²) in [5.41, 5.74) is 5.94. The van der Waals surface area contributed by atoms with Crippen molar-refractivity contribution in [2.45, 2.75) is 50.0 Å². The van der Waals surface area contributed by atoms with Gasteiger partial charge in [0.25, 0.3) is 0 Å². The molecule has 3 N–H and O–H groups in total. The fraction of sp³-hybridized carbons (Fsp3) is 0.571. The summed E-state index contributed by atoms with van der Waals surface area (Å²) in [6.45, 7) is 2.18. The Labute approximate surface area is 125 Å². The summed E-state index contributed by atoms with van der Waals surface area (Å²) >= 11 is 5.98. The Morgan fingerprint density at radius 3 is 2.50 bits per heavy atom. The Morgan fingerprint density at radius 1 is 1.30 bits per heavy atom. The topological polar surface area (TPSA) is 72.2 Å². The van der Waals surface area contributed by atoms with Crippen LogP contribution in [0.15, 0.2) is 23.1 Å². The number of nitrogen functional groups attached to an aromatic ring is 1. The van der Waals surface area contributed by atoms with E-state index in [1.54, 1.807) is 18.2 Å². The molecule has 0 unspecified atom stereocenters. The van der Waals surface area contributed by atoms with Crippen LogP contribution in [0.2, 0.25) is 5.02 Å². The zero-order valence-electron chi connectivity index (χ0n) is 11.6. The summed E-state index contributed by atoms with van der Waals surface area (Å²) in [5.74, 6) is 0.723. The monoisotopic (exact) mass is 316 g/mol. The van der Waals surface area contributed by atoms with Gasteiger partial charge in [0.15, 0.2) is 0 Å². The van der Waals surface area contributed by atoms with Crippen LogP contribution >= 0.6 is 11.6 Å². The number of hydrogen-bond donors (Lipinski definition) is 2. The predicted molar refractivity (Wildman–Crippen MR) is 82.2 cm³/mol. The molecule has 6 heteroatoms. The molecule has 0 saturated heterocycles. The quantitative estimate of drug-likeness (QED) is 0.838. The van der Waals surface area contributed by atoms with E-state index in [1.807, 2.05) is 0 Å². The summed E-state index contributed by atoms with van der Waals surface area (Å²) in [6, 6.07) is 4.72. The van der Waals surface area contributed by atoms with Crippen molar-refractivity contribution in [1.29, 1.82) is 0 Å². The number of anilines is 1. The molecule has 1 aromatic rings. The lowest BCUT2D eigenvalue weighted by molar-refractivity contribution is 0.306. The third-order valence-corrected chi connectivity index (χ3v) is 6.08. The van der Waals surface area contributed by atoms with Crippen LogP contribution in [-0.2, 0) is 10.0 Å². The maximum absolute atomic E-state index is 12.4. The molecule has 0 heterocycles. The van der Waals surface area contributed by atoms with Gasteiger partial charge in [-0.25, -0.2) is 13.1 Å². The Hall–Kier alpha value is -0.780. The third-order valence-electron chi connectivity index (χ3n) is 4.01. The van der Waals surface area contributed by atoms with E-state index in [0.29, 0.717) is 0 Å². The Morgan fingerprint density at radius 2 is 1.95 bits per heavy atom. The predicted octanol–water partition coefficient (Wildman–Crippen LogP) is 3.17. The molecule has 0 aliphatic heterocycles. The van der Waals surface area contributed by atoms with E-state index in [0.717, 1.165) is 38.0 Å². The number of benzene rings is 1. The van der Waals surface area contributed by atoms with Crippen molar-refractivity contribution in [3.05, 3.63) is 23.2 Å². The van der Waals surface area contributed by atoms with E-state index in [-0.39, 0.29) is 21.6 Å². The molecule has 4 nitrogen and oxygen atoms in total. The summed E-state index contributed by atoms with van der Waals surface area (Å²) in [6.07, 6.45) is 5.06. The van der Waals surface area contributed by atoms with Gasteiger partial charge in [-0.1, -0.05) is 31.0 Å². The van der Waals surface area contributed by atoms with E-state index in [1.165, 1.54) is 0 Å². The molecule has 0 spiro atoms. The van der Waals surface area contributed by atoms with Gasteiger partial charge >= 0.3 is 0 Å². The number of hydrogen-bond acceptors (Lipinski definition) is 3. The van der Waals surface area contributed by atoms with Crippen LogP contribution < -0.4 is 10.5 Å². The number of sulfonamides is 1. The third kappa shape index (κ3) is 3.45. The molecule has 1 aliphatic rings. The standard InChI is InChI=1S/C14H21ClN2O2S/c1-2-10-6-8-11(9-7-10)17-20(18,19)14-12(15)4-3-5-13(14)16/h3-5,10-11,17H,2,6-9,16H2,1H3. The molecular weight excluding hydrogens is 296 g/mol. The molecule has 0 atom stereocenters. The van der Waals surface area contributed by atoms with Gasteiger partial charge in [0.1, 0.15) is 4.90 Å².